The third-order valence-corrected chi connectivity index (χ3v) is 8.41. The fraction of sp³-hybridized carbons (Fsp3) is 0.519. The molecule has 2 aliphatic heterocycles. The predicted octanol–water partition coefficient (Wildman–Crippen LogP) is 4.58. The average Bonchev–Trinajstić information content (AvgIpc) is 2.83. The van der Waals surface area contributed by atoms with E-state index in [4.69, 9.17) is 22.7 Å². The van der Waals surface area contributed by atoms with Crippen LogP contribution in [0.2, 0.25) is 5.02 Å². The summed E-state index contributed by atoms with van der Waals surface area (Å²) >= 11 is 5.98. The van der Waals surface area contributed by atoms with Crippen molar-refractivity contribution in [2.75, 3.05) is 31.9 Å². The van der Waals surface area contributed by atoms with Gasteiger partial charge < -0.3 is 20.9 Å². The molecule has 2 aromatic rings. The summed E-state index contributed by atoms with van der Waals surface area (Å²) in [6.45, 7) is 3.56. The van der Waals surface area contributed by atoms with E-state index in [2.05, 4.69) is 20.9 Å². The van der Waals surface area contributed by atoms with E-state index < -0.39 is 0 Å². The van der Waals surface area contributed by atoms with Gasteiger partial charge in [0.15, 0.2) is 0 Å². The fourth-order valence-corrected chi connectivity index (χ4v) is 6.03. The molecule has 7 heteroatoms. The van der Waals surface area contributed by atoms with Gasteiger partial charge in [-0.15, -0.1) is 0 Å². The van der Waals surface area contributed by atoms with E-state index in [0.717, 1.165) is 57.4 Å². The number of likely N-dealkylation sites (tertiary alicyclic amines) is 2. The molecule has 0 unspecified atom stereocenters. The first-order valence-electron chi connectivity index (χ1n) is 12.6. The van der Waals surface area contributed by atoms with Crippen molar-refractivity contribution in [3.63, 3.8) is 0 Å². The molecule has 1 aromatic heterocycles. The van der Waals surface area contributed by atoms with Gasteiger partial charge in [0.25, 0.3) is 0 Å². The molecule has 0 radical (unpaired) electrons. The summed E-state index contributed by atoms with van der Waals surface area (Å²) in [7, 11) is 0. The lowest BCUT2D eigenvalue weighted by Crippen LogP contribution is -2.50. The summed E-state index contributed by atoms with van der Waals surface area (Å²) in [4.78, 5) is 21.9. The molecular weight excluding hydrogens is 446 g/mol. The molecule has 2 saturated heterocycles. The molecule has 180 valence electrons. The number of carbonyl (C=O) groups excluding carboxylic acids is 1. The molecule has 1 aliphatic carbocycles. The molecule has 1 saturated carbocycles. The van der Waals surface area contributed by atoms with E-state index in [0.29, 0.717) is 34.4 Å². The van der Waals surface area contributed by atoms with Crippen LogP contribution in [-0.2, 0) is 4.79 Å². The summed E-state index contributed by atoms with van der Waals surface area (Å²) in [5, 5.41) is 9.26. The lowest BCUT2D eigenvalue weighted by atomic mass is 9.74. The number of amides is 1. The number of anilines is 1. The molecule has 0 bridgehead atoms. The number of rotatable bonds is 5. The highest BCUT2D eigenvalue weighted by Gasteiger charge is 2.38. The maximum atomic E-state index is 13.2. The number of nitrogens with two attached hydrogens (primary N) is 1. The molecule has 6 nitrogen and oxygen atoms in total. The number of benzene rings is 1. The van der Waals surface area contributed by atoms with Crippen LogP contribution in [0.25, 0.3) is 0 Å². The van der Waals surface area contributed by atoms with Crippen LogP contribution in [0.4, 0.5) is 5.82 Å². The van der Waals surface area contributed by atoms with Crippen LogP contribution in [0.3, 0.4) is 0 Å². The number of hydrogen-bond acceptors (Lipinski definition) is 5. The highest BCUT2D eigenvalue weighted by Crippen LogP contribution is 2.41. The van der Waals surface area contributed by atoms with Gasteiger partial charge in [0.1, 0.15) is 5.82 Å². The van der Waals surface area contributed by atoms with E-state index in [1.807, 2.05) is 30.3 Å². The van der Waals surface area contributed by atoms with Gasteiger partial charge in [0, 0.05) is 47.9 Å². The second-order valence-corrected chi connectivity index (χ2v) is 10.6. The smallest absolute Gasteiger partial charge is 0.225 e. The number of hydrogen-bond donors (Lipinski definition) is 2. The predicted molar refractivity (Wildman–Crippen MR) is 136 cm³/mol. The van der Waals surface area contributed by atoms with E-state index in [1.54, 1.807) is 6.20 Å². The first-order chi connectivity index (χ1) is 16.5. The van der Waals surface area contributed by atoms with E-state index in [-0.39, 0.29) is 11.8 Å². The Bertz CT molecular complexity index is 1020. The van der Waals surface area contributed by atoms with Crippen molar-refractivity contribution in [3.05, 3.63) is 58.7 Å². The van der Waals surface area contributed by atoms with Crippen LogP contribution in [0, 0.1) is 17.2 Å². The Labute approximate surface area is 207 Å². The quantitative estimate of drug-likeness (QED) is 0.614. The third-order valence-electron chi connectivity index (χ3n) is 8.16. The second-order valence-electron chi connectivity index (χ2n) is 10.2. The number of pyridine rings is 1. The highest BCUT2D eigenvalue weighted by molar-refractivity contribution is 6.30. The van der Waals surface area contributed by atoms with Crippen molar-refractivity contribution < 1.29 is 4.79 Å². The van der Waals surface area contributed by atoms with Gasteiger partial charge in [0.2, 0.25) is 5.91 Å². The highest BCUT2D eigenvalue weighted by atomic mass is 35.5. The molecule has 3 aliphatic rings. The molecular formula is C27H34ClN5O. The number of nitrogens with one attached hydrogen (secondary N) is 1. The Morgan fingerprint density at radius 2 is 1.62 bits per heavy atom. The molecule has 0 atom stereocenters. The van der Waals surface area contributed by atoms with Crippen LogP contribution in [0.15, 0.2) is 42.6 Å². The number of carbonyl (C=O) groups is 1. The summed E-state index contributed by atoms with van der Waals surface area (Å²) in [5.41, 5.74) is 8.75. The van der Waals surface area contributed by atoms with Gasteiger partial charge in [-0.2, -0.15) is 0 Å². The molecule has 5 rings (SSSR count). The number of halogens is 1. The second kappa shape index (κ2) is 10.0. The number of aromatic nitrogens is 1. The number of piperidine rings is 2. The van der Waals surface area contributed by atoms with Gasteiger partial charge in [0.05, 0.1) is 0 Å². The minimum absolute atomic E-state index is 0.152. The van der Waals surface area contributed by atoms with E-state index >= 15 is 0 Å². The SMILES string of the molecule is N=C(c1ccc(Cl)cc1)C1CCN(C(=O)C2CCN(C3CC(c4ccnc(N)c4)C3)CC2)CC1. The molecule has 3 fully saturated rings. The van der Waals surface area contributed by atoms with Crippen molar-refractivity contribution in [3.8, 4) is 0 Å². The van der Waals surface area contributed by atoms with Crippen LogP contribution < -0.4 is 5.73 Å². The third kappa shape index (κ3) is 4.98. The summed E-state index contributed by atoms with van der Waals surface area (Å²) in [5.74, 6) is 1.89. The van der Waals surface area contributed by atoms with Gasteiger partial charge in [-0.3, -0.25) is 4.79 Å². The number of nitrogens with zero attached hydrogens (tertiary/aromatic N) is 3. The van der Waals surface area contributed by atoms with Gasteiger partial charge >= 0.3 is 0 Å². The fourth-order valence-electron chi connectivity index (χ4n) is 5.90. The molecule has 34 heavy (non-hydrogen) atoms. The van der Waals surface area contributed by atoms with Crippen molar-refractivity contribution in [1.82, 2.24) is 14.8 Å². The largest absolute Gasteiger partial charge is 0.384 e. The Kier molecular flexibility index (Phi) is 6.89. The Morgan fingerprint density at radius 1 is 0.971 bits per heavy atom. The summed E-state index contributed by atoms with van der Waals surface area (Å²) < 4.78 is 0. The first-order valence-corrected chi connectivity index (χ1v) is 12.9. The molecule has 1 amide bonds. The zero-order chi connectivity index (χ0) is 23.7. The standard InChI is InChI=1S/C27H34ClN5O/c28-23-3-1-18(2-4-23)26(30)19-6-13-33(14-7-19)27(34)20-8-11-32(12-9-20)24-15-22(16-24)21-5-10-31-25(29)17-21/h1-5,10,17,19-20,22,24,30H,6-9,11-16H2,(H2,29,31). The first kappa shape index (κ1) is 23.3. The average molecular weight is 480 g/mol. The van der Waals surface area contributed by atoms with Crippen molar-refractivity contribution >= 4 is 29.0 Å². The Hall–Kier alpha value is -2.44. The van der Waals surface area contributed by atoms with Crippen LogP contribution in [0.1, 0.15) is 55.6 Å². The van der Waals surface area contributed by atoms with E-state index in [1.165, 1.54) is 18.4 Å². The zero-order valence-corrected chi connectivity index (χ0v) is 20.4. The van der Waals surface area contributed by atoms with Crippen LogP contribution in [-0.4, -0.2) is 58.6 Å². The van der Waals surface area contributed by atoms with Gasteiger partial charge in [-0.05, 0) is 92.9 Å². The van der Waals surface area contributed by atoms with Gasteiger partial charge in [-0.25, -0.2) is 4.98 Å². The van der Waals surface area contributed by atoms with Crippen LogP contribution >= 0.6 is 11.6 Å². The molecule has 1 aromatic carbocycles. The lowest BCUT2D eigenvalue weighted by molar-refractivity contribution is -0.138. The Morgan fingerprint density at radius 3 is 2.26 bits per heavy atom. The normalized spacial score (nSPS) is 24.6. The maximum Gasteiger partial charge on any atom is 0.225 e. The molecule has 3 N–H and O–H groups in total. The summed E-state index contributed by atoms with van der Waals surface area (Å²) in [6, 6.07) is 12.3. The van der Waals surface area contributed by atoms with E-state index in [9.17, 15) is 4.79 Å². The molecule has 0 spiro atoms. The lowest BCUT2D eigenvalue weighted by Gasteiger charge is -2.46. The topological polar surface area (TPSA) is 86.3 Å². The summed E-state index contributed by atoms with van der Waals surface area (Å²) in [6.07, 6.45) is 7.82. The van der Waals surface area contributed by atoms with Crippen molar-refractivity contribution in [2.45, 2.75) is 50.5 Å². The van der Waals surface area contributed by atoms with Crippen molar-refractivity contribution in [2.24, 2.45) is 11.8 Å². The van der Waals surface area contributed by atoms with Gasteiger partial charge in [-0.1, -0.05) is 23.7 Å². The number of nitrogen functional groups attached to an aromatic ring is 1. The molecule has 3 heterocycles. The Balaban J connectivity index is 1.06. The van der Waals surface area contributed by atoms with Crippen LogP contribution in [0.5, 0.6) is 0 Å². The minimum atomic E-state index is 0.152. The minimum Gasteiger partial charge on any atom is -0.384 e. The van der Waals surface area contributed by atoms with Crippen molar-refractivity contribution in [1.29, 1.82) is 5.41 Å². The zero-order valence-electron chi connectivity index (χ0n) is 19.6. The maximum absolute atomic E-state index is 13.2. The monoisotopic (exact) mass is 479 g/mol.